The molecule has 1 aromatic rings. The summed E-state index contributed by atoms with van der Waals surface area (Å²) in [6.07, 6.45) is 2.26. The molecule has 0 saturated carbocycles. The lowest BCUT2D eigenvalue weighted by molar-refractivity contribution is -0.119. The van der Waals surface area contributed by atoms with Crippen LogP contribution >= 0.6 is 0 Å². The fourth-order valence-electron chi connectivity index (χ4n) is 2.61. The number of carbonyl (C=O) groups excluding carboxylic acids is 1. The molecule has 0 aliphatic heterocycles. The SMILES string of the molecule is Cc1cc(CC(=O)CC(C)CC(C)(C)C)n(C)n1. The number of aryl methyl sites for hydroxylation is 2. The molecule has 0 amide bonds. The summed E-state index contributed by atoms with van der Waals surface area (Å²) >= 11 is 0. The van der Waals surface area contributed by atoms with E-state index >= 15 is 0 Å². The van der Waals surface area contributed by atoms with Crippen molar-refractivity contribution >= 4 is 5.78 Å². The van der Waals surface area contributed by atoms with Gasteiger partial charge in [0.05, 0.1) is 5.69 Å². The van der Waals surface area contributed by atoms with Gasteiger partial charge in [0.1, 0.15) is 5.78 Å². The van der Waals surface area contributed by atoms with E-state index in [1.807, 2.05) is 24.7 Å². The first-order valence-corrected chi connectivity index (χ1v) is 6.68. The molecule has 1 aromatic heterocycles. The number of Topliss-reactive ketones (excluding diaryl/α,β-unsaturated/α-hetero) is 1. The fourth-order valence-corrected chi connectivity index (χ4v) is 2.61. The number of aromatic nitrogens is 2. The molecule has 0 aliphatic carbocycles. The van der Waals surface area contributed by atoms with E-state index in [0.29, 0.717) is 30.0 Å². The number of carbonyl (C=O) groups is 1. The van der Waals surface area contributed by atoms with Crippen molar-refractivity contribution in [1.29, 1.82) is 0 Å². The van der Waals surface area contributed by atoms with Crippen molar-refractivity contribution in [2.45, 2.75) is 53.9 Å². The topological polar surface area (TPSA) is 34.9 Å². The average molecular weight is 250 g/mol. The van der Waals surface area contributed by atoms with E-state index in [2.05, 4.69) is 32.8 Å². The Labute approximate surface area is 111 Å². The minimum absolute atomic E-state index is 0.294. The molecule has 0 N–H and O–H groups in total. The molecule has 1 atom stereocenters. The van der Waals surface area contributed by atoms with Gasteiger partial charge in [0.2, 0.25) is 0 Å². The van der Waals surface area contributed by atoms with E-state index in [9.17, 15) is 4.79 Å². The molecule has 0 aromatic carbocycles. The molecule has 0 radical (unpaired) electrons. The zero-order chi connectivity index (χ0) is 13.9. The summed E-state index contributed by atoms with van der Waals surface area (Å²) in [4.78, 5) is 12.0. The summed E-state index contributed by atoms with van der Waals surface area (Å²) in [6, 6.07) is 1.99. The van der Waals surface area contributed by atoms with E-state index in [1.165, 1.54) is 0 Å². The van der Waals surface area contributed by atoms with Crippen LogP contribution in [0.25, 0.3) is 0 Å². The third-order valence-electron chi connectivity index (χ3n) is 3.01. The highest BCUT2D eigenvalue weighted by Gasteiger charge is 2.18. The van der Waals surface area contributed by atoms with Crippen molar-refractivity contribution in [1.82, 2.24) is 9.78 Å². The Balaban J connectivity index is 2.49. The lowest BCUT2D eigenvalue weighted by atomic mass is 9.83. The number of hydrogen-bond donors (Lipinski definition) is 0. The van der Waals surface area contributed by atoms with E-state index in [1.54, 1.807) is 0 Å². The van der Waals surface area contributed by atoms with Gasteiger partial charge in [0, 0.05) is 25.6 Å². The summed E-state index contributed by atoms with van der Waals surface area (Å²) in [5, 5.41) is 4.27. The van der Waals surface area contributed by atoms with E-state index in [-0.39, 0.29) is 0 Å². The zero-order valence-corrected chi connectivity index (χ0v) is 12.6. The normalized spacial score (nSPS) is 13.7. The summed E-state index contributed by atoms with van der Waals surface area (Å²) in [5.41, 5.74) is 2.28. The molecule has 3 nitrogen and oxygen atoms in total. The van der Waals surface area contributed by atoms with Crippen LogP contribution in [0.3, 0.4) is 0 Å². The monoisotopic (exact) mass is 250 g/mol. The van der Waals surface area contributed by atoms with Gasteiger partial charge in [-0.25, -0.2) is 0 Å². The standard InChI is InChI=1S/C15H26N2O/c1-11(10-15(3,4)5)7-14(18)9-13-8-12(2)16-17(13)6/h8,11H,7,9-10H2,1-6H3. The van der Waals surface area contributed by atoms with Crippen molar-refractivity contribution in [2.75, 3.05) is 0 Å². The van der Waals surface area contributed by atoms with E-state index in [4.69, 9.17) is 0 Å². The second kappa shape index (κ2) is 5.68. The van der Waals surface area contributed by atoms with Crippen LogP contribution in [0.2, 0.25) is 0 Å². The maximum absolute atomic E-state index is 12.0. The fraction of sp³-hybridized carbons (Fsp3) is 0.733. The maximum atomic E-state index is 12.0. The molecule has 18 heavy (non-hydrogen) atoms. The molecule has 1 rings (SSSR count). The Kier molecular flexibility index (Phi) is 4.71. The highest BCUT2D eigenvalue weighted by molar-refractivity contribution is 5.80. The Morgan fingerprint density at radius 1 is 1.44 bits per heavy atom. The van der Waals surface area contributed by atoms with Gasteiger partial charge >= 0.3 is 0 Å². The van der Waals surface area contributed by atoms with Crippen molar-refractivity contribution in [3.63, 3.8) is 0 Å². The molecule has 0 aliphatic rings. The molecular weight excluding hydrogens is 224 g/mol. The van der Waals surface area contributed by atoms with Crippen LogP contribution in [0.5, 0.6) is 0 Å². The molecule has 0 fully saturated rings. The number of rotatable bonds is 5. The van der Waals surface area contributed by atoms with Crippen LogP contribution in [0.1, 0.15) is 51.9 Å². The minimum atomic E-state index is 0.294. The lowest BCUT2D eigenvalue weighted by Crippen LogP contribution is -2.16. The Bertz CT molecular complexity index is 413. The predicted molar refractivity (Wildman–Crippen MR) is 74.5 cm³/mol. The Hall–Kier alpha value is -1.12. The molecule has 0 bridgehead atoms. The maximum Gasteiger partial charge on any atom is 0.139 e. The van der Waals surface area contributed by atoms with Gasteiger partial charge in [-0.15, -0.1) is 0 Å². The summed E-state index contributed by atoms with van der Waals surface area (Å²) in [7, 11) is 1.90. The highest BCUT2D eigenvalue weighted by atomic mass is 16.1. The molecule has 3 heteroatoms. The lowest BCUT2D eigenvalue weighted by Gasteiger charge is -2.22. The van der Waals surface area contributed by atoms with Gasteiger partial charge in [-0.2, -0.15) is 5.10 Å². The average Bonchev–Trinajstić information content (AvgIpc) is 2.40. The van der Waals surface area contributed by atoms with Crippen LogP contribution < -0.4 is 0 Å². The van der Waals surface area contributed by atoms with Gasteiger partial charge < -0.3 is 0 Å². The third kappa shape index (κ3) is 5.03. The quantitative estimate of drug-likeness (QED) is 0.803. The minimum Gasteiger partial charge on any atom is -0.299 e. The van der Waals surface area contributed by atoms with Crippen molar-refractivity contribution < 1.29 is 4.79 Å². The highest BCUT2D eigenvalue weighted by Crippen LogP contribution is 2.26. The molecule has 0 spiro atoms. The first kappa shape index (κ1) is 14.9. The van der Waals surface area contributed by atoms with Crippen LogP contribution in [0, 0.1) is 18.3 Å². The van der Waals surface area contributed by atoms with Gasteiger partial charge in [-0.05, 0) is 30.7 Å². The Morgan fingerprint density at radius 3 is 2.50 bits per heavy atom. The molecular formula is C15H26N2O. The number of ketones is 1. The molecule has 0 saturated heterocycles. The number of hydrogen-bond acceptors (Lipinski definition) is 2. The first-order chi connectivity index (χ1) is 8.17. The van der Waals surface area contributed by atoms with Crippen LogP contribution in [-0.2, 0) is 18.3 Å². The van der Waals surface area contributed by atoms with Gasteiger partial charge in [0.25, 0.3) is 0 Å². The van der Waals surface area contributed by atoms with Gasteiger partial charge in [-0.1, -0.05) is 27.7 Å². The van der Waals surface area contributed by atoms with Crippen LogP contribution in [-0.4, -0.2) is 15.6 Å². The second-order valence-electron chi connectivity index (χ2n) is 6.69. The van der Waals surface area contributed by atoms with Gasteiger partial charge in [0.15, 0.2) is 0 Å². The van der Waals surface area contributed by atoms with Crippen molar-refractivity contribution in [3.8, 4) is 0 Å². The second-order valence-corrected chi connectivity index (χ2v) is 6.69. The predicted octanol–water partition coefficient (Wildman–Crippen LogP) is 3.30. The van der Waals surface area contributed by atoms with E-state index < -0.39 is 0 Å². The molecule has 102 valence electrons. The molecule has 1 unspecified atom stereocenters. The largest absolute Gasteiger partial charge is 0.299 e. The van der Waals surface area contributed by atoms with Crippen molar-refractivity contribution in [2.24, 2.45) is 18.4 Å². The Morgan fingerprint density at radius 2 is 2.06 bits per heavy atom. The summed E-state index contributed by atoms with van der Waals surface area (Å²) in [5.74, 6) is 0.765. The van der Waals surface area contributed by atoms with E-state index in [0.717, 1.165) is 17.8 Å². The van der Waals surface area contributed by atoms with Crippen LogP contribution in [0.15, 0.2) is 6.07 Å². The summed E-state index contributed by atoms with van der Waals surface area (Å²) in [6.45, 7) is 10.8. The first-order valence-electron chi connectivity index (χ1n) is 6.68. The van der Waals surface area contributed by atoms with Crippen LogP contribution in [0.4, 0.5) is 0 Å². The zero-order valence-electron chi connectivity index (χ0n) is 12.6. The summed E-state index contributed by atoms with van der Waals surface area (Å²) < 4.78 is 1.81. The number of nitrogens with zero attached hydrogens (tertiary/aromatic N) is 2. The smallest absolute Gasteiger partial charge is 0.139 e. The third-order valence-corrected chi connectivity index (χ3v) is 3.01. The van der Waals surface area contributed by atoms with Gasteiger partial charge in [-0.3, -0.25) is 9.48 Å². The molecule has 1 heterocycles. The van der Waals surface area contributed by atoms with Crippen molar-refractivity contribution in [3.05, 3.63) is 17.5 Å².